The smallest absolute Gasteiger partial charge is 0.191 e. The average molecular weight is 383 g/mol. The molecule has 2 N–H and O–H groups in total. The van der Waals surface area contributed by atoms with Crippen LogP contribution in [0.15, 0.2) is 72.0 Å². The Morgan fingerprint density at radius 3 is 2.81 bits per heavy atom. The van der Waals surface area contributed by atoms with Gasteiger partial charge in [-0.3, -0.25) is 5.43 Å². The topological polar surface area (TPSA) is 41.4 Å². The number of nitrogens with zero attached hydrogens (tertiary/aromatic N) is 2. The van der Waals surface area contributed by atoms with Crippen LogP contribution in [0.5, 0.6) is 0 Å². The minimum Gasteiger partial charge on any atom is -0.342 e. The summed E-state index contributed by atoms with van der Waals surface area (Å²) < 4.78 is 2.09. The van der Waals surface area contributed by atoms with E-state index in [1.54, 1.807) is 6.21 Å². The SMILES string of the molecule is Cc1cccc(NC(=S)NN=Cc2cccn2Cc2cccc(Cl)c2)c1. The Hall–Kier alpha value is -2.63. The number of aromatic nitrogens is 1. The van der Waals surface area contributed by atoms with Crippen molar-refractivity contribution in [2.45, 2.75) is 13.5 Å². The minimum atomic E-state index is 0.444. The molecule has 132 valence electrons. The van der Waals surface area contributed by atoms with Crippen molar-refractivity contribution in [3.8, 4) is 0 Å². The number of halogens is 1. The minimum absolute atomic E-state index is 0.444. The Morgan fingerprint density at radius 2 is 2.00 bits per heavy atom. The van der Waals surface area contributed by atoms with Crippen molar-refractivity contribution < 1.29 is 0 Å². The van der Waals surface area contributed by atoms with Crippen molar-refractivity contribution in [3.63, 3.8) is 0 Å². The van der Waals surface area contributed by atoms with Crippen LogP contribution in [0.4, 0.5) is 5.69 Å². The molecule has 1 aromatic heterocycles. The molecule has 0 spiro atoms. The molecule has 0 aliphatic rings. The molecule has 6 heteroatoms. The molecule has 2 aromatic carbocycles. The first-order chi connectivity index (χ1) is 12.6. The Balaban J connectivity index is 1.59. The van der Waals surface area contributed by atoms with Crippen molar-refractivity contribution in [1.82, 2.24) is 9.99 Å². The highest BCUT2D eigenvalue weighted by atomic mass is 35.5. The molecule has 0 saturated carbocycles. The molecule has 26 heavy (non-hydrogen) atoms. The number of hydrogen-bond acceptors (Lipinski definition) is 2. The number of thiocarbonyl (C=S) groups is 1. The molecule has 0 aliphatic heterocycles. The first-order valence-electron chi connectivity index (χ1n) is 8.16. The van der Waals surface area contributed by atoms with E-state index in [2.05, 4.69) is 20.4 Å². The second-order valence-electron chi connectivity index (χ2n) is 5.88. The van der Waals surface area contributed by atoms with E-state index < -0.39 is 0 Å². The van der Waals surface area contributed by atoms with Crippen LogP contribution in [0, 0.1) is 6.92 Å². The number of aryl methyl sites for hydroxylation is 1. The fraction of sp³-hybridized carbons (Fsp3) is 0.100. The van der Waals surface area contributed by atoms with Crippen LogP contribution in [-0.4, -0.2) is 15.9 Å². The van der Waals surface area contributed by atoms with E-state index in [0.717, 1.165) is 28.5 Å². The van der Waals surface area contributed by atoms with Gasteiger partial charge in [0.1, 0.15) is 0 Å². The molecule has 0 unspecified atom stereocenters. The van der Waals surface area contributed by atoms with E-state index in [0.29, 0.717) is 5.11 Å². The third-order valence-corrected chi connectivity index (χ3v) is 4.17. The normalized spacial score (nSPS) is 10.8. The van der Waals surface area contributed by atoms with E-state index in [9.17, 15) is 0 Å². The highest BCUT2D eigenvalue weighted by Gasteiger charge is 2.01. The summed E-state index contributed by atoms with van der Waals surface area (Å²) in [5.74, 6) is 0. The molecule has 0 amide bonds. The summed E-state index contributed by atoms with van der Waals surface area (Å²) in [6, 6.07) is 19.8. The van der Waals surface area contributed by atoms with Gasteiger partial charge in [-0.15, -0.1) is 0 Å². The zero-order valence-electron chi connectivity index (χ0n) is 14.3. The third kappa shape index (κ3) is 5.18. The van der Waals surface area contributed by atoms with Gasteiger partial charge < -0.3 is 9.88 Å². The number of nitrogens with one attached hydrogen (secondary N) is 2. The standard InChI is InChI=1S/C20H19ClN4S/c1-15-5-2-8-18(11-15)23-20(26)24-22-13-19-9-4-10-25(19)14-16-6-3-7-17(21)12-16/h2-13H,14H2,1H3,(H2,23,24,26). The van der Waals surface area contributed by atoms with Crippen LogP contribution >= 0.6 is 23.8 Å². The Labute approximate surface area is 163 Å². The lowest BCUT2D eigenvalue weighted by molar-refractivity contribution is 0.799. The van der Waals surface area contributed by atoms with Gasteiger partial charge in [0.15, 0.2) is 5.11 Å². The van der Waals surface area contributed by atoms with Gasteiger partial charge in [-0.25, -0.2) is 0 Å². The van der Waals surface area contributed by atoms with Crippen LogP contribution in [0.2, 0.25) is 5.02 Å². The molecule has 4 nitrogen and oxygen atoms in total. The second kappa shape index (κ2) is 8.65. The predicted molar refractivity (Wildman–Crippen MR) is 113 cm³/mol. The average Bonchev–Trinajstić information content (AvgIpc) is 3.02. The monoisotopic (exact) mass is 382 g/mol. The number of benzene rings is 2. The summed E-state index contributed by atoms with van der Waals surface area (Å²) in [5.41, 5.74) is 7.04. The summed E-state index contributed by atoms with van der Waals surface area (Å²) in [7, 11) is 0. The molecule has 0 fully saturated rings. The quantitative estimate of drug-likeness (QED) is 0.377. The Bertz CT molecular complexity index is 933. The lowest BCUT2D eigenvalue weighted by Crippen LogP contribution is -2.24. The summed E-state index contributed by atoms with van der Waals surface area (Å²) in [4.78, 5) is 0. The molecular weight excluding hydrogens is 364 g/mol. The summed E-state index contributed by atoms with van der Waals surface area (Å²) in [6.45, 7) is 2.76. The van der Waals surface area contributed by atoms with Crippen LogP contribution < -0.4 is 10.7 Å². The van der Waals surface area contributed by atoms with Crippen molar-refractivity contribution in [2.75, 3.05) is 5.32 Å². The van der Waals surface area contributed by atoms with Gasteiger partial charge in [-0.05, 0) is 66.7 Å². The van der Waals surface area contributed by atoms with Crippen LogP contribution in [0.1, 0.15) is 16.8 Å². The maximum Gasteiger partial charge on any atom is 0.191 e. The molecule has 0 atom stereocenters. The van der Waals surface area contributed by atoms with Crippen molar-refractivity contribution in [3.05, 3.63) is 88.7 Å². The van der Waals surface area contributed by atoms with Gasteiger partial charge in [0.25, 0.3) is 0 Å². The fourth-order valence-electron chi connectivity index (χ4n) is 2.56. The maximum absolute atomic E-state index is 6.05. The Morgan fingerprint density at radius 1 is 1.15 bits per heavy atom. The number of hydrazone groups is 1. The van der Waals surface area contributed by atoms with Crippen LogP contribution in [0.3, 0.4) is 0 Å². The summed E-state index contributed by atoms with van der Waals surface area (Å²) in [5, 5.41) is 8.51. The lowest BCUT2D eigenvalue weighted by atomic mass is 10.2. The van der Waals surface area contributed by atoms with E-state index in [4.69, 9.17) is 23.8 Å². The number of anilines is 1. The number of rotatable bonds is 5. The maximum atomic E-state index is 6.05. The summed E-state index contributed by atoms with van der Waals surface area (Å²) in [6.07, 6.45) is 3.75. The molecule has 3 aromatic rings. The van der Waals surface area contributed by atoms with Crippen molar-refractivity contribution in [2.24, 2.45) is 5.10 Å². The van der Waals surface area contributed by atoms with E-state index >= 15 is 0 Å². The Kier molecular flexibility index (Phi) is 6.04. The first kappa shape index (κ1) is 18.2. The molecule has 1 heterocycles. The van der Waals surface area contributed by atoms with E-state index in [1.165, 1.54) is 5.56 Å². The van der Waals surface area contributed by atoms with Gasteiger partial charge in [-0.1, -0.05) is 35.9 Å². The first-order valence-corrected chi connectivity index (χ1v) is 8.95. The zero-order chi connectivity index (χ0) is 18.4. The molecular formula is C20H19ClN4S. The molecule has 0 radical (unpaired) electrons. The van der Waals surface area contributed by atoms with Gasteiger partial charge in [0, 0.05) is 23.5 Å². The molecule has 0 bridgehead atoms. The van der Waals surface area contributed by atoms with Crippen LogP contribution in [0.25, 0.3) is 0 Å². The zero-order valence-corrected chi connectivity index (χ0v) is 15.9. The highest BCUT2D eigenvalue weighted by molar-refractivity contribution is 7.80. The van der Waals surface area contributed by atoms with Gasteiger partial charge >= 0.3 is 0 Å². The van der Waals surface area contributed by atoms with Gasteiger partial charge in [-0.2, -0.15) is 5.10 Å². The molecule has 3 rings (SSSR count). The highest BCUT2D eigenvalue weighted by Crippen LogP contribution is 2.13. The van der Waals surface area contributed by atoms with Crippen molar-refractivity contribution in [1.29, 1.82) is 0 Å². The second-order valence-corrected chi connectivity index (χ2v) is 6.73. The van der Waals surface area contributed by atoms with E-state index in [-0.39, 0.29) is 0 Å². The summed E-state index contributed by atoms with van der Waals surface area (Å²) >= 11 is 11.3. The third-order valence-electron chi connectivity index (χ3n) is 3.75. The molecule has 0 aliphatic carbocycles. The van der Waals surface area contributed by atoms with Crippen molar-refractivity contribution >= 4 is 40.8 Å². The van der Waals surface area contributed by atoms with Gasteiger partial charge in [0.2, 0.25) is 0 Å². The lowest BCUT2D eigenvalue weighted by Gasteiger charge is -2.08. The van der Waals surface area contributed by atoms with Crippen LogP contribution in [-0.2, 0) is 6.54 Å². The largest absolute Gasteiger partial charge is 0.342 e. The number of hydrogen-bond donors (Lipinski definition) is 2. The fourth-order valence-corrected chi connectivity index (χ4v) is 2.94. The van der Waals surface area contributed by atoms with Gasteiger partial charge in [0.05, 0.1) is 11.9 Å². The molecule has 0 saturated heterocycles. The predicted octanol–water partition coefficient (Wildman–Crippen LogP) is 4.82. The van der Waals surface area contributed by atoms with E-state index in [1.807, 2.05) is 73.8 Å².